The molecule has 0 aromatic heterocycles. The summed E-state index contributed by atoms with van der Waals surface area (Å²) in [4.78, 5) is 26.1. The van der Waals surface area contributed by atoms with E-state index in [2.05, 4.69) is 11.8 Å². The Labute approximate surface area is 186 Å². The first-order chi connectivity index (χ1) is 15.6. The molecule has 2 aromatic carbocycles. The minimum absolute atomic E-state index is 0.0105. The number of ether oxygens (including phenoxy) is 4. The smallest absolute Gasteiger partial charge is 0.338 e. The maximum atomic E-state index is 12.4. The van der Waals surface area contributed by atoms with Gasteiger partial charge in [-0.25, -0.2) is 4.79 Å². The number of rotatable bonds is 2. The van der Waals surface area contributed by atoms with Crippen molar-refractivity contribution in [2.45, 2.75) is 24.7 Å². The minimum Gasteiger partial charge on any atom is -0.491 e. The fraction of sp³-hybridized carbons (Fsp3) is 0.360. The Morgan fingerprint density at radius 1 is 1.09 bits per heavy atom. The number of anilines is 1. The van der Waals surface area contributed by atoms with Crippen LogP contribution in [0.4, 0.5) is 5.69 Å². The molecule has 0 saturated carbocycles. The molecule has 32 heavy (non-hydrogen) atoms. The minimum atomic E-state index is -0.455. The monoisotopic (exact) mass is 433 g/mol. The molecule has 0 spiro atoms. The van der Waals surface area contributed by atoms with Gasteiger partial charge in [0.1, 0.15) is 18.0 Å². The normalized spacial score (nSPS) is 26.3. The second kappa shape index (κ2) is 8.65. The van der Waals surface area contributed by atoms with Gasteiger partial charge in [-0.15, -0.1) is 0 Å². The average Bonchev–Trinajstić information content (AvgIpc) is 3.37. The molecule has 7 heteroatoms. The van der Waals surface area contributed by atoms with Crippen LogP contribution in [0, 0.1) is 17.8 Å². The van der Waals surface area contributed by atoms with Crippen molar-refractivity contribution in [2.75, 3.05) is 31.8 Å². The zero-order chi connectivity index (χ0) is 22.1. The van der Waals surface area contributed by atoms with Gasteiger partial charge in [-0.2, -0.15) is 0 Å². The molecule has 164 valence electrons. The highest BCUT2D eigenvalue weighted by molar-refractivity contribution is 5.95. The van der Waals surface area contributed by atoms with E-state index in [9.17, 15) is 9.59 Å². The molecule has 4 atom stereocenters. The first-order valence-corrected chi connectivity index (χ1v) is 10.6. The van der Waals surface area contributed by atoms with Crippen molar-refractivity contribution in [3.05, 3.63) is 59.7 Å². The van der Waals surface area contributed by atoms with Crippen molar-refractivity contribution < 1.29 is 28.5 Å². The SMILES string of the molecule is CN1C(=O)CCOc2ccc(C#CC3COC4C(OC(=O)c5ccccc5)COC34)cc21. The van der Waals surface area contributed by atoms with Gasteiger partial charge in [0.2, 0.25) is 5.91 Å². The molecule has 5 rings (SSSR count). The molecule has 0 radical (unpaired) electrons. The van der Waals surface area contributed by atoms with E-state index in [1.807, 2.05) is 24.3 Å². The number of benzene rings is 2. The number of carbonyl (C=O) groups is 2. The number of hydrogen-bond donors (Lipinski definition) is 0. The predicted octanol–water partition coefficient (Wildman–Crippen LogP) is 2.42. The first-order valence-electron chi connectivity index (χ1n) is 10.6. The summed E-state index contributed by atoms with van der Waals surface area (Å²) in [6, 6.07) is 14.5. The van der Waals surface area contributed by atoms with Gasteiger partial charge in [0.25, 0.3) is 0 Å². The molecule has 3 aliphatic heterocycles. The third-order valence-electron chi connectivity index (χ3n) is 5.95. The molecule has 0 N–H and O–H groups in total. The molecular weight excluding hydrogens is 410 g/mol. The Bertz CT molecular complexity index is 1090. The third kappa shape index (κ3) is 3.95. The second-order valence-electron chi connectivity index (χ2n) is 8.02. The number of hydrogen-bond acceptors (Lipinski definition) is 6. The van der Waals surface area contributed by atoms with Gasteiger partial charge in [-0.3, -0.25) is 4.79 Å². The van der Waals surface area contributed by atoms with Crippen molar-refractivity contribution in [1.29, 1.82) is 0 Å². The van der Waals surface area contributed by atoms with Crippen molar-refractivity contribution in [2.24, 2.45) is 5.92 Å². The Balaban J connectivity index is 1.27. The molecule has 2 fully saturated rings. The summed E-state index contributed by atoms with van der Waals surface area (Å²) in [6.45, 7) is 1.07. The number of carbonyl (C=O) groups excluding carboxylic acids is 2. The van der Waals surface area contributed by atoms with Crippen LogP contribution in [0.1, 0.15) is 22.3 Å². The zero-order valence-electron chi connectivity index (χ0n) is 17.7. The first kappa shape index (κ1) is 20.6. The zero-order valence-corrected chi connectivity index (χ0v) is 17.7. The summed E-state index contributed by atoms with van der Waals surface area (Å²) in [5.74, 6) is 6.59. The lowest BCUT2D eigenvalue weighted by Gasteiger charge is -2.16. The van der Waals surface area contributed by atoms with Crippen molar-refractivity contribution in [3.8, 4) is 17.6 Å². The van der Waals surface area contributed by atoms with E-state index >= 15 is 0 Å². The highest BCUT2D eigenvalue weighted by atomic mass is 16.6. The Morgan fingerprint density at radius 2 is 1.91 bits per heavy atom. The molecule has 3 heterocycles. The molecule has 7 nitrogen and oxygen atoms in total. The largest absolute Gasteiger partial charge is 0.491 e. The van der Waals surface area contributed by atoms with Gasteiger partial charge in [-0.1, -0.05) is 30.0 Å². The molecule has 4 unspecified atom stereocenters. The molecule has 0 bridgehead atoms. The van der Waals surface area contributed by atoms with E-state index in [-0.39, 0.29) is 36.6 Å². The standard InChI is InChI=1S/C25H23NO6/c1-26-19-13-16(8-10-20(19)29-12-11-22(26)27)7-9-18-14-30-24-21(15-31-23(18)24)32-25(28)17-5-3-2-4-6-17/h2-6,8,10,13,18,21,23-24H,11-12,14-15H2,1H3. The summed E-state index contributed by atoms with van der Waals surface area (Å²) in [6.07, 6.45) is -0.679. The van der Waals surface area contributed by atoms with Gasteiger partial charge in [-0.05, 0) is 30.3 Å². The van der Waals surface area contributed by atoms with Crippen LogP contribution in [-0.2, 0) is 19.0 Å². The lowest BCUT2D eigenvalue weighted by atomic mass is 10.0. The van der Waals surface area contributed by atoms with Crippen LogP contribution in [0.3, 0.4) is 0 Å². The second-order valence-corrected chi connectivity index (χ2v) is 8.02. The molecule has 1 amide bonds. The summed E-state index contributed by atoms with van der Waals surface area (Å²) in [5.41, 5.74) is 1.99. The lowest BCUT2D eigenvalue weighted by molar-refractivity contribution is -0.118. The summed E-state index contributed by atoms with van der Waals surface area (Å²) in [7, 11) is 1.74. The van der Waals surface area contributed by atoms with Gasteiger partial charge >= 0.3 is 5.97 Å². The van der Waals surface area contributed by atoms with Crippen molar-refractivity contribution in [3.63, 3.8) is 0 Å². The van der Waals surface area contributed by atoms with Crippen LogP contribution < -0.4 is 9.64 Å². The van der Waals surface area contributed by atoms with Gasteiger partial charge < -0.3 is 23.8 Å². The molecule has 0 aliphatic carbocycles. The quantitative estimate of drug-likeness (QED) is 0.535. The lowest BCUT2D eigenvalue weighted by Crippen LogP contribution is -2.33. The number of amides is 1. The number of nitrogens with zero attached hydrogens (tertiary/aromatic N) is 1. The number of esters is 1. The maximum absolute atomic E-state index is 12.4. The maximum Gasteiger partial charge on any atom is 0.338 e. The topological polar surface area (TPSA) is 74.3 Å². The fourth-order valence-corrected chi connectivity index (χ4v) is 4.17. The van der Waals surface area contributed by atoms with Gasteiger partial charge in [0.05, 0.1) is 43.4 Å². The van der Waals surface area contributed by atoms with Crippen LogP contribution in [0.25, 0.3) is 0 Å². The van der Waals surface area contributed by atoms with E-state index in [0.717, 1.165) is 5.56 Å². The van der Waals surface area contributed by atoms with Crippen LogP contribution in [0.2, 0.25) is 0 Å². The highest BCUT2D eigenvalue weighted by Crippen LogP contribution is 2.34. The molecule has 2 aromatic rings. The summed E-state index contributed by atoms with van der Waals surface area (Å²) in [5, 5.41) is 0. The van der Waals surface area contributed by atoms with E-state index in [0.29, 0.717) is 36.6 Å². The van der Waals surface area contributed by atoms with E-state index in [1.165, 1.54) is 0 Å². The Morgan fingerprint density at radius 3 is 2.75 bits per heavy atom. The molecule has 3 aliphatic rings. The fourth-order valence-electron chi connectivity index (χ4n) is 4.17. The van der Waals surface area contributed by atoms with Gasteiger partial charge in [0.15, 0.2) is 6.10 Å². The molecule has 2 saturated heterocycles. The summed E-state index contributed by atoms with van der Waals surface area (Å²) < 4.78 is 23.1. The van der Waals surface area contributed by atoms with Crippen LogP contribution in [0.15, 0.2) is 48.5 Å². The van der Waals surface area contributed by atoms with Gasteiger partial charge in [0, 0.05) is 12.6 Å². The third-order valence-corrected chi connectivity index (χ3v) is 5.95. The Hall–Kier alpha value is -3.34. The van der Waals surface area contributed by atoms with Crippen LogP contribution >= 0.6 is 0 Å². The highest BCUT2D eigenvalue weighted by Gasteiger charge is 2.49. The van der Waals surface area contributed by atoms with Crippen molar-refractivity contribution >= 4 is 17.6 Å². The molecular formula is C25H23NO6. The summed E-state index contributed by atoms with van der Waals surface area (Å²) >= 11 is 0. The van der Waals surface area contributed by atoms with Crippen molar-refractivity contribution in [1.82, 2.24) is 0 Å². The van der Waals surface area contributed by atoms with Crippen LogP contribution in [0.5, 0.6) is 5.75 Å². The Kier molecular flexibility index (Phi) is 5.56. The van der Waals surface area contributed by atoms with E-state index in [1.54, 1.807) is 36.2 Å². The average molecular weight is 433 g/mol. The predicted molar refractivity (Wildman–Crippen MR) is 115 cm³/mol. The number of fused-ring (bicyclic) bond motifs is 2. The van der Waals surface area contributed by atoms with E-state index < -0.39 is 6.10 Å². The van der Waals surface area contributed by atoms with Crippen LogP contribution in [-0.4, -0.2) is 57.1 Å². The van der Waals surface area contributed by atoms with E-state index in [4.69, 9.17) is 18.9 Å².